The SMILES string of the molecule is CCCCCOc1ccc([C@H](O)[C@H](CN2CCOCC2)c2ccccc2)cc1. The van der Waals surface area contributed by atoms with Gasteiger partial charge in [-0.2, -0.15) is 0 Å². The molecule has 0 bridgehead atoms. The number of benzene rings is 2. The molecule has 1 saturated heterocycles. The third-order valence-electron chi connectivity index (χ3n) is 5.41. The molecule has 1 aliphatic rings. The average Bonchev–Trinajstić information content (AvgIpc) is 2.76. The van der Waals surface area contributed by atoms with E-state index in [0.29, 0.717) is 0 Å². The van der Waals surface area contributed by atoms with E-state index in [1.165, 1.54) is 18.4 Å². The van der Waals surface area contributed by atoms with Crippen LogP contribution in [0.4, 0.5) is 0 Å². The van der Waals surface area contributed by atoms with Gasteiger partial charge in [0, 0.05) is 25.6 Å². The van der Waals surface area contributed by atoms with Crippen molar-refractivity contribution in [3.63, 3.8) is 0 Å². The maximum Gasteiger partial charge on any atom is 0.119 e. The van der Waals surface area contributed by atoms with E-state index in [4.69, 9.17) is 9.47 Å². The molecule has 1 heterocycles. The largest absolute Gasteiger partial charge is 0.494 e. The summed E-state index contributed by atoms with van der Waals surface area (Å²) in [7, 11) is 0. The number of morpholine rings is 1. The van der Waals surface area contributed by atoms with E-state index < -0.39 is 6.10 Å². The predicted molar refractivity (Wildman–Crippen MR) is 113 cm³/mol. The molecule has 0 amide bonds. The van der Waals surface area contributed by atoms with Gasteiger partial charge in [-0.15, -0.1) is 0 Å². The van der Waals surface area contributed by atoms with Gasteiger partial charge in [0.2, 0.25) is 0 Å². The summed E-state index contributed by atoms with van der Waals surface area (Å²) in [5.41, 5.74) is 2.10. The van der Waals surface area contributed by atoms with Gasteiger partial charge in [0.1, 0.15) is 5.75 Å². The first-order chi connectivity index (χ1) is 13.8. The topological polar surface area (TPSA) is 41.9 Å². The summed E-state index contributed by atoms with van der Waals surface area (Å²) in [4.78, 5) is 2.38. The minimum Gasteiger partial charge on any atom is -0.494 e. The third-order valence-corrected chi connectivity index (χ3v) is 5.41. The molecule has 2 atom stereocenters. The molecule has 3 rings (SSSR count). The van der Waals surface area contributed by atoms with Gasteiger partial charge in [-0.3, -0.25) is 4.90 Å². The summed E-state index contributed by atoms with van der Waals surface area (Å²) in [6, 6.07) is 18.3. The summed E-state index contributed by atoms with van der Waals surface area (Å²) in [5.74, 6) is 0.895. The summed E-state index contributed by atoms with van der Waals surface area (Å²) in [5, 5.41) is 11.2. The van der Waals surface area contributed by atoms with E-state index >= 15 is 0 Å². The van der Waals surface area contributed by atoms with Crippen LogP contribution in [-0.4, -0.2) is 49.5 Å². The van der Waals surface area contributed by atoms with Gasteiger partial charge in [0.25, 0.3) is 0 Å². The molecule has 0 aliphatic carbocycles. The van der Waals surface area contributed by atoms with Crippen LogP contribution in [0.15, 0.2) is 54.6 Å². The molecule has 1 aliphatic heterocycles. The summed E-state index contributed by atoms with van der Waals surface area (Å²) in [6.07, 6.45) is 2.91. The first-order valence-corrected chi connectivity index (χ1v) is 10.5. The quantitative estimate of drug-likeness (QED) is 0.617. The molecule has 28 heavy (non-hydrogen) atoms. The van der Waals surface area contributed by atoms with Crippen LogP contribution < -0.4 is 4.74 Å². The fourth-order valence-electron chi connectivity index (χ4n) is 3.69. The highest BCUT2D eigenvalue weighted by molar-refractivity contribution is 5.32. The van der Waals surface area contributed by atoms with Crippen molar-refractivity contribution in [2.45, 2.75) is 38.2 Å². The van der Waals surface area contributed by atoms with Gasteiger partial charge >= 0.3 is 0 Å². The normalized spacial score (nSPS) is 17.2. The van der Waals surface area contributed by atoms with Crippen LogP contribution in [0.2, 0.25) is 0 Å². The third kappa shape index (κ3) is 6.06. The Bertz CT molecular complexity index is 668. The zero-order chi connectivity index (χ0) is 19.6. The van der Waals surface area contributed by atoms with Crippen molar-refractivity contribution >= 4 is 0 Å². The molecule has 1 fully saturated rings. The number of aliphatic hydroxyl groups is 1. The van der Waals surface area contributed by atoms with Crippen molar-refractivity contribution in [1.82, 2.24) is 4.90 Å². The molecule has 0 saturated carbocycles. The number of unbranched alkanes of at least 4 members (excludes halogenated alkanes) is 2. The Labute approximate surface area is 169 Å². The predicted octanol–water partition coefficient (Wildman–Crippen LogP) is 4.41. The fraction of sp³-hybridized carbons (Fsp3) is 0.500. The molecule has 2 aromatic carbocycles. The number of ether oxygens (including phenoxy) is 2. The zero-order valence-electron chi connectivity index (χ0n) is 16.9. The van der Waals surface area contributed by atoms with Crippen molar-refractivity contribution < 1.29 is 14.6 Å². The van der Waals surface area contributed by atoms with Crippen LogP contribution >= 0.6 is 0 Å². The Kier molecular flexibility index (Phi) is 8.34. The number of hydrogen-bond donors (Lipinski definition) is 1. The van der Waals surface area contributed by atoms with Crippen LogP contribution in [0.3, 0.4) is 0 Å². The van der Waals surface area contributed by atoms with Crippen molar-refractivity contribution in [1.29, 1.82) is 0 Å². The summed E-state index contributed by atoms with van der Waals surface area (Å²) < 4.78 is 11.3. The lowest BCUT2D eigenvalue weighted by Crippen LogP contribution is -2.39. The summed E-state index contributed by atoms with van der Waals surface area (Å²) in [6.45, 7) is 7.13. The fourth-order valence-corrected chi connectivity index (χ4v) is 3.69. The van der Waals surface area contributed by atoms with Gasteiger partial charge in [0.05, 0.1) is 25.9 Å². The van der Waals surface area contributed by atoms with Gasteiger partial charge in [-0.25, -0.2) is 0 Å². The molecule has 0 radical (unpaired) electrons. The molecule has 152 valence electrons. The molecular weight excluding hydrogens is 350 g/mol. The van der Waals surface area contributed by atoms with E-state index in [1.54, 1.807) is 0 Å². The highest BCUT2D eigenvalue weighted by Gasteiger charge is 2.26. The van der Waals surface area contributed by atoms with Crippen LogP contribution in [0, 0.1) is 0 Å². The number of nitrogens with zero attached hydrogens (tertiary/aromatic N) is 1. The molecule has 0 aromatic heterocycles. The lowest BCUT2D eigenvalue weighted by atomic mass is 9.88. The molecule has 4 nitrogen and oxygen atoms in total. The van der Waals surface area contributed by atoms with Gasteiger partial charge in [-0.1, -0.05) is 62.2 Å². The van der Waals surface area contributed by atoms with Gasteiger partial charge in [-0.05, 0) is 29.7 Å². The molecule has 0 unspecified atom stereocenters. The van der Waals surface area contributed by atoms with Crippen LogP contribution in [0.1, 0.15) is 49.3 Å². The maximum atomic E-state index is 11.2. The Morgan fingerprint density at radius 3 is 2.36 bits per heavy atom. The van der Waals surface area contributed by atoms with E-state index in [0.717, 1.165) is 57.2 Å². The van der Waals surface area contributed by atoms with Crippen molar-refractivity contribution in [3.05, 3.63) is 65.7 Å². The second kappa shape index (κ2) is 11.2. The number of rotatable bonds is 10. The lowest BCUT2D eigenvalue weighted by molar-refractivity contribution is 0.0240. The van der Waals surface area contributed by atoms with Crippen LogP contribution in [0.5, 0.6) is 5.75 Å². The first kappa shape index (κ1) is 20.8. The van der Waals surface area contributed by atoms with E-state index in [1.807, 2.05) is 42.5 Å². The van der Waals surface area contributed by atoms with Crippen LogP contribution in [-0.2, 0) is 4.74 Å². The highest BCUT2D eigenvalue weighted by Crippen LogP contribution is 2.33. The Morgan fingerprint density at radius 1 is 0.964 bits per heavy atom. The Hall–Kier alpha value is -1.88. The minimum absolute atomic E-state index is 0.0237. The molecule has 4 heteroatoms. The smallest absolute Gasteiger partial charge is 0.119 e. The lowest BCUT2D eigenvalue weighted by Gasteiger charge is -2.33. The van der Waals surface area contributed by atoms with Crippen LogP contribution in [0.25, 0.3) is 0 Å². The van der Waals surface area contributed by atoms with Crippen molar-refractivity contribution in [2.75, 3.05) is 39.5 Å². The monoisotopic (exact) mass is 383 g/mol. The number of hydrogen-bond acceptors (Lipinski definition) is 4. The molecular formula is C24H33NO3. The number of aliphatic hydroxyl groups excluding tert-OH is 1. The van der Waals surface area contributed by atoms with Crippen molar-refractivity contribution in [3.8, 4) is 5.75 Å². The summed E-state index contributed by atoms with van der Waals surface area (Å²) >= 11 is 0. The molecule has 0 spiro atoms. The standard InChI is InChI=1S/C24H33NO3/c1-2-3-7-16-28-22-12-10-21(11-13-22)24(26)23(20-8-5-4-6-9-20)19-25-14-17-27-18-15-25/h4-6,8-13,23-24,26H,2-3,7,14-19H2,1H3/t23-,24+/m1/s1. The second-order valence-electron chi connectivity index (χ2n) is 7.50. The second-order valence-corrected chi connectivity index (χ2v) is 7.50. The zero-order valence-corrected chi connectivity index (χ0v) is 16.9. The van der Waals surface area contributed by atoms with Gasteiger partial charge in [0.15, 0.2) is 0 Å². The molecule has 2 aromatic rings. The van der Waals surface area contributed by atoms with E-state index in [2.05, 4.69) is 24.0 Å². The minimum atomic E-state index is -0.556. The average molecular weight is 384 g/mol. The van der Waals surface area contributed by atoms with Crippen molar-refractivity contribution in [2.24, 2.45) is 0 Å². The molecule has 1 N–H and O–H groups in total. The van der Waals surface area contributed by atoms with Gasteiger partial charge < -0.3 is 14.6 Å². The Morgan fingerprint density at radius 2 is 1.68 bits per heavy atom. The van der Waals surface area contributed by atoms with E-state index in [-0.39, 0.29) is 5.92 Å². The first-order valence-electron chi connectivity index (χ1n) is 10.5. The maximum absolute atomic E-state index is 11.2. The van der Waals surface area contributed by atoms with E-state index in [9.17, 15) is 5.11 Å². The Balaban J connectivity index is 1.68. The highest BCUT2D eigenvalue weighted by atomic mass is 16.5.